The molecule has 0 spiro atoms. The highest BCUT2D eigenvalue weighted by molar-refractivity contribution is 6.35. The van der Waals surface area contributed by atoms with Gasteiger partial charge in [-0.05, 0) is 29.3 Å². The summed E-state index contributed by atoms with van der Waals surface area (Å²) < 4.78 is 1.81. The molecule has 2 aromatic carbocycles. The van der Waals surface area contributed by atoms with Crippen molar-refractivity contribution < 1.29 is 0 Å². The average Bonchev–Trinajstić information content (AvgIpc) is 3.03. The summed E-state index contributed by atoms with van der Waals surface area (Å²) >= 11 is 12.4. The van der Waals surface area contributed by atoms with Gasteiger partial charge in [0.2, 0.25) is 5.95 Å². The van der Waals surface area contributed by atoms with E-state index in [2.05, 4.69) is 21.5 Å². The molecule has 0 bridgehead atoms. The lowest BCUT2D eigenvalue weighted by molar-refractivity contribution is 0.612. The van der Waals surface area contributed by atoms with Crippen molar-refractivity contribution in [3.63, 3.8) is 0 Å². The summed E-state index contributed by atoms with van der Waals surface area (Å²) in [5, 5.41) is 8.83. The van der Waals surface area contributed by atoms with Gasteiger partial charge in [-0.3, -0.25) is 0 Å². The van der Waals surface area contributed by atoms with Gasteiger partial charge in [0, 0.05) is 15.7 Å². The molecule has 1 aliphatic heterocycles. The molecule has 0 aliphatic carbocycles. The molecule has 1 aromatic heterocycles. The molecule has 6 heteroatoms. The third-order valence-corrected chi connectivity index (χ3v) is 4.34. The van der Waals surface area contributed by atoms with Crippen molar-refractivity contribution in [2.45, 2.75) is 6.04 Å². The maximum absolute atomic E-state index is 6.39. The van der Waals surface area contributed by atoms with Crippen LogP contribution in [0.25, 0.3) is 5.70 Å². The standard InChI is InChI=1S/C17H12Cl2N4/c18-12-6-7-13(14(19)8-12)16-9-15(11-4-2-1-3-5-11)22-17-20-10-21-23(16)17/h1-10,16H,(H,20,21,22)/t16-/m1/s1. The maximum atomic E-state index is 6.39. The highest BCUT2D eigenvalue weighted by atomic mass is 35.5. The molecular weight excluding hydrogens is 331 g/mol. The first-order valence-corrected chi connectivity index (χ1v) is 7.87. The second-order valence-corrected chi connectivity index (χ2v) is 6.05. The summed E-state index contributed by atoms with van der Waals surface area (Å²) in [6.07, 6.45) is 3.62. The van der Waals surface area contributed by atoms with E-state index >= 15 is 0 Å². The van der Waals surface area contributed by atoms with Gasteiger partial charge in [0.25, 0.3) is 0 Å². The lowest BCUT2D eigenvalue weighted by Gasteiger charge is -2.25. The Bertz CT molecular complexity index is 887. The predicted octanol–water partition coefficient (Wildman–Crippen LogP) is 4.64. The Morgan fingerprint density at radius 3 is 2.65 bits per heavy atom. The molecule has 0 radical (unpaired) electrons. The van der Waals surface area contributed by atoms with Crippen LogP contribution in [0.5, 0.6) is 0 Å². The number of hydrogen-bond donors (Lipinski definition) is 1. The second-order valence-electron chi connectivity index (χ2n) is 5.21. The molecular formula is C17H12Cl2N4. The van der Waals surface area contributed by atoms with E-state index in [4.69, 9.17) is 23.2 Å². The summed E-state index contributed by atoms with van der Waals surface area (Å²) in [5.74, 6) is 0.683. The highest BCUT2D eigenvalue weighted by Gasteiger charge is 2.24. The van der Waals surface area contributed by atoms with E-state index < -0.39 is 0 Å². The molecule has 3 aromatic rings. The summed E-state index contributed by atoms with van der Waals surface area (Å²) in [4.78, 5) is 4.29. The minimum absolute atomic E-state index is 0.145. The van der Waals surface area contributed by atoms with Gasteiger partial charge in [-0.1, -0.05) is 59.6 Å². The van der Waals surface area contributed by atoms with Crippen LogP contribution in [0.2, 0.25) is 10.0 Å². The first kappa shape index (κ1) is 14.3. The van der Waals surface area contributed by atoms with Crippen LogP contribution in [-0.4, -0.2) is 14.8 Å². The van der Waals surface area contributed by atoms with Crippen molar-refractivity contribution in [2.75, 3.05) is 5.32 Å². The minimum Gasteiger partial charge on any atom is -0.324 e. The summed E-state index contributed by atoms with van der Waals surface area (Å²) in [5.41, 5.74) is 2.98. The number of nitrogens with one attached hydrogen (secondary N) is 1. The van der Waals surface area contributed by atoms with E-state index in [1.807, 2.05) is 47.1 Å². The van der Waals surface area contributed by atoms with Gasteiger partial charge in [0.1, 0.15) is 12.4 Å². The van der Waals surface area contributed by atoms with Crippen molar-refractivity contribution in [3.8, 4) is 0 Å². The average molecular weight is 343 g/mol. The lowest BCUT2D eigenvalue weighted by atomic mass is 10.0. The number of anilines is 1. The summed E-state index contributed by atoms with van der Waals surface area (Å²) in [7, 11) is 0. The summed E-state index contributed by atoms with van der Waals surface area (Å²) in [6, 6.07) is 15.4. The number of allylic oxidation sites excluding steroid dienone is 1. The molecule has 1 aliphatic rings. The first-order valence-electron chi connectivity index (χ1n) is 7.11. The number of aromatic nitrogens is 3. The Morgan fingerprint density at radius 1 is 1.04 bits per heavy atom. The fraction of sp³-hybridized carbons (Fsp3) is 0.0588. The fourth-order valence-corrected chi connectivity index (χ4v) is 3.20. The van der Waals surface area contributed by atoms with Crippen LogP contribution in [0, 0.1) is 0 Å². The van der Waals surface area contributed by atoms with Gasteiger partial charge in [0.15, 0.2) is 0 Å². The van der Waals surface area contributed by atoms with E-state index in [1.54, 1.807) is 6.07 Å². The molecule has 0 saturated heterocycles. The van der Waals surface area contributed by atoms with Gasteiger partial charge in [0.05, 0.1) is 0 Å². The van der Waals surface area contributed by atoms with Gasteiger partial charge in [-0.15, -0.1) is 0 Å². The predicted molar refractivity (Wildman–Crippen MR) is 92.7 cm³/mol. The molecule has 4 nitrogen and oxygen atoms in total. The van der Waals surface area contributed by atoms with Crippen molar-refractivity contribution in [3.05, 3.63) is 82.1 Å². The number of nitrogens with zero attached hydrogens (tertiary/aromatic N) is 3. The van der Waals surface area contributed by atoms with Gasteiger partial charge in [-0.2, -0.15) is 10.1 Å². The molecule has 2 heterocycles. The molecule has 0 fully saturated rings. The van der Waals surface area contributed by atoms with Gasteiger partial charge >= 0.3 is 0 Å². The molecule has 23 heavy (non-hydrogen) atoms. The van der Waals surface area contributed by atoms with Crippen LogP contribution in [0.1, 0.15) is 17.2 Å². The van der Waals surface area contributed by atoms with E-state index in [0.717, 1.165) is 16.8 Å². The third kappa shape index (κ3) is 2.60. The molecule has 1 atom stereocenters. The zero-order valence-electron chi connectivity index (χ0n) is 11.9. The molecule has 1 N–H and O–H groups in total. The number of rotatable bonds is 2. The molecule has 4 rings (SSSR count). The van der Waals surface area contributed by atoms with E-state index in [1.165, 1.54) is 6.33 Å². The van der Waals surface area contributed by atoms with Gasteiger partial charge in [-0.25, -0.2) is 4.68 Å². The fourth-order valence-electron chi connectivity index (χ4n) is 2.68. The van der Waals surface area contributed by atoms with Crippen molar-refractivity contribution in [2.24, 2.45) is 0 Å². The second kappa shape index (κ2) is 5.72. The maximum Gasteiger partial charge on any atom is 0.226 e. The smallest absolute Gasteiger partial charge is 0.226 e. The first-order chi connectivity index (χ1) is 11.2. The van der Waals surface area contributed by atoms with Gasteiger partial charge < -0.3 is 5.32 Å². The van der Waals surface area contributed by atoms with Crippen LogP contribution < -0.4 is 5.32 Å². The Kier molecular flexibility index (Phi) is 3.56. The molecule has 0 saturated carbocycles. The Labute approximate surface area is 143 Å². The number of hydrogen-bond acceptors (Lipinski definition) is 3. The molecule has 114 valence electrons. The van der Waals surface area contributed by atoms with E-state index in [-0.39, 0.29) is 6.04 Å². The van der Waals surface area contributed by atoms with E-state index in [9.17, 15) is 0 Å². The number of halogens is 2. The van der Waals surface area contributed by atoms with Crippen molar-refractivity contribution >= 4 is 34.8 Å². The zero-order valence-corrected chi connectivity index (χ0v) is 13.5. The molecule has 0 unspecified atom stereocenters. The van der Waals surface area contributed by atoms with Crippen LogP contribution in [0.4, 0.5) is 5.95 Å². The lowest BCUT2D eigenvalue weighted by Crippen LogP contribution is -2.20. The van der Waals surface area contributed by atoms with Crippen LogP contribution >= 0.6 is 23.2 Å². The third-order valence-electron chi connectivity index (χ3n) is 3.77. The Balaban J connectivity index is 1.85. The number of fused-ring (bicyclic) bond motifs is 1. The monoisotopic (exact) mass is 342 g/mol. The topological polar surface area (TPSA) is 42.7 Å². The highest BCUT2D eigenvalue weighted by Crippen LogP contribution is 2.35. The molecule has 0 amide bonds. The normalized spacial score (nSPS) is 16.4. The van der Waals surface area contributed by atoms with Crippen LogP contribution in [0.3, 0.4) is 0 Å². The Hall–Kier alpha value is -2.30. The summed E-state index contributed by atoms with van der Waals surface area (Å²) in [6.45, 7) is 0. The van der Waals surface area contributed by atoms with E-state index in [0.29, 0.717) is 16.0 Å². The Morgan fingerprint density at radius 2 is 1.87 bits per heavy atom. The van der Waals surface area contributed by atoms with Crippen molar-refractivity contribution in [1.82, 2.24) is 14.8 Å². The largest absolute Gasteiger partial charge is 0.324 e. The zero-order chi connectivity index (χ0) is 15.8. The minimum atomic E-state index is -0.145. The van der Waals surface area contributed by atoms with Crippen molar-refractivity contribution in [1.29, 1.82) is 0 Å². The van der Waals surface area contributed by atoms with Crippen LogP contribution in [-0.2, 0) is 0 Å². The SMILES string of the molecule is Clc1ccc([C@H]2C=C(c3ccccc3)Nc3ncnn32)c(Cl)c1. The number of benzene rings is 2. The quantitative estimate of drug-likeness (QED) is 0.737. The van der Waals surface area contributed by atoms with Crippen LogP contribution in [0.15, 0.2) is 60.9 Å².